The molecule has 0 bridgehead atoms. The van der Waals surface area contributed by atoms with Crippen molar-refractivity contribution in [2.24, 2.45) is 5.92 Å². The van der Waals surface area contributed by atoms with Crippen LogP contribution in [0.2, 0.25) is 0 Å². The number of hydrogen-bond donors (Lipinski definition) is 3. The van der Waals surface area contributed by atoms with Gasteiger partial charge in [-0.25, -0.2) is 4.68 Å². The van der Waals surface area contributed by atoms with Gasteiger partial charge in [0.15, 0.2) is 5.82 Å². The number of aromatic nitrogens is 4. The van der Waals surface area contributed by atoms with Gasteiger partial charge in [-0.05, 0) is 31.5 Å². The zero-order valence-electron chi connectivity index (χ0n) is 14.0. The van der Waals surface area contributed by atoms with Gasteiger partial charge in [-0.3, -0.25) is 9.59 Å². The maximum atomic E-state index is 12.0. The van der Waals surface area contributed by atoms with E-state index in [0.717, 1.165) is 5.69 Å². The van der Waals surface area contributed by atoms with Gasteiger partial charge in [0.2, 0.25) is 11.8 Å². The lowest BCUT2D eigenvalue weighted by atomic mass is 9.98. The molecule has 1 unspecified atom stereocenters. The predicted octanol–water partition coefficient (Wildman–Crippen LogP) is 0.0250. The number of hydrogen-bond acceptors (Lipinski definition) is 6. The second kappa shape index (κ2) is 7.73. The number of carbonyl (C=O) groups is 2. The highest BCUT2D eigenvalue weighted by molar-refractivity contribution is 5.83. The van der Waals surface area contributed by atoms with Gasteiger partial charge < -0.3 is 16.0 Å². The quantitative estimate of drug-likeness (QED) is 0.638. The molecule has 9 heteroatoms. The largest absolute Gasteiger partial charge is 0.367 e. The van der Waals surface area contributed by atoms with Crippen LogP contribution >= 0.6 is 0 Å². The third-order valence-electron chi connectivity index (χ3n) is 3.97. The Bertz CT molecular complexity index is 731. The minimum Gasteiger partial charge on any atom is -0.367 e. The number of aryl methyl sites for hydroxylation is 1. The monoisotopic (exact) mass is 343 g/mol. The van der Waals surface area contributed by atoms with Crippen LogP contribution in [0.4, 0.5) is 5.82 Å². The van der Waals surface area contributed by atoms with Gasteiger partial charge in [-0.1, -0.05) is 0 Å². The van der Waals surface area contributed by atoms with E-state index in [0.29, 0.717) is 44.1 Å². The molecule has 0 aliphatic carbocycles. The van der Waals surface area contributed by atoms with E-state index >= 15 is 0 Å². The van der Waals surface area contributed by atoms with Gasteiger partial charge in [-0.15, -0.1) is 10.2 Å². The van der Waals surface area contributed by atoms with Crippen molar-refractivity contribution >= 4 is 17.6 Å². The van der Waals surface area contributed by atoms with E-state index in [2.05, 4.69) is 31.2 Å². The topological polar surface area (TPSA) is 114 Å². The number of rotatable bonds is 6. The molecule has 1 saturated heterocycles. The standard InChI is InChI=1S/C16H21N7O2/c1-11-6-9-23(22-11)14-4-3-13(20-21-14)17-7-8-18-16(25)12-2-5-15(24)19-10-12/h3-4,6,9,12H,2,5,7-8,10H2,1H3,(H,17,20)(H,18,25)(H,19,24). The fraction of sp³-hybridized carbons (Fsp3) is 0.438. The first-order chi connectivity index (χ1) is 12.1. The van der Waals surface area contributed by atoms with Crippen molar-refractivity contribution in [3.63, 3.8) is 0 Å². The number of nitrogens with zero attached hydrogens (tertiary/aromatic N) is 4. The maximum absolute atomic E-state index is 12.0. The molecule has 3 rings (SSSR count). The van der Waals surface area contributed by atoms with Crippen LogP contribution in [0.25, 0.3) is 5.82 Å². The van der Waals surface area contributed by atoms with Crippen molar-refractivity contribution in [3.05, 3.63) is 30.1 Å². The molecular weight excluding hydrogens is 322 g/mol. The zero-order valence-corrected chi connectivity index (χ0v) is 14.0. The van der Waals surface area contributed by atoms with Crippen LogP contribution in [0.3, 0.4) is 0 Å². The molecule has 2 aromatic rings. The van der Waals surface area contributed by atoms with Gasteiger partial charge in [0, 0.05) is 32.3 Å². The normalized spacial score (nSPS) is 17.0. The van der Waals surface area contributed by atoms with Gasteiger partial charge in [0.25, 0.3) is 0 Å². The number of piperidine rings is 1. The first-order valence-corrected chi connectivity index (χ1v) is 8.26. The van der Waals surface area contributed by atoms with E-state index < -0.39 is 0 Å². The summed E-state index contributed by atoms with van der Waals surface area (Å²) in [5, 5.41) is 21.2. The molecule has 1 fully saturated rings. The van der Waals surface area contributed by atoms with Crippen molar-refractivity contribution in [3.8, 4) is 5.82 Å². The number of carbonyl (C=O) groups excluding carboxylic acids is 2. The molecule has 1 aliphatic heterocycles. The molecule has 0 spiro atoms. The molecule has 9 nitrogen and oxygen atoms in total. The van der Waals surface area contributed by atoms with Crippen molar-refractivity contribution in [1.82, 2.24) is 30.6 Å². The van der Waals surface area contributed by atoms with Gasteiger partial charge >= 0.3 is 0 Å². The van der Waals surface area contributed by atoms with Gasteiger partial charge in [0.05, 0.1) is 11.6 Å². The molecule has 1 atom stereocenters. The Morgan fingerprint density at radius 3 is 2.84 bits per heavy atom. The fourth-order valence-electron chi connectivity index (χ4n) is 2.56. The highest BCUT2D eigenvalue weighted by atomic mass is 16.2. The van der Waals surface area contributed by atoms with Crippen molar-refractivity contribution in [2.45, 2.75) is 19.8 Å². The maximum Gasteiger partial charge on any atom is 0.224 e. The Balaban J connectivity index is 1.40. The third-order valence-corrected chi connectivity index (χ3v) is 3.97. The summed E-state index contributed by atoms with van der Waals surface area (Å²) in [5.74, 6) is 1.11. The van der Waals surface area contributed by atoms with E-state index in [-0.39, 0.29) is 17.7 Å². The van der Waals surface area contributed by atoms with Crippen LogP contribution in [-0.2, 0) is 9.59 Å². The molecule has 3 heterocycles. The lowest BCUT2D eigenvalue weighted by Crippen LogP contribution is -2.43. The fourth-order valence-corrected chi connectivity index (χ4v) is 2.56. The van der Waals surface area contributed by atoms with Crippen molar-refractivity contribution in [1.29, 1.82) is 0 Å². The molecule has 3 N–H and O–H groups in total. The van der Waals surface area contributed by atoms with Crippen molar-refractivity contribution < 1.29 is 9.59 Å². The summed E-state index contributed by atoms with van der Waals surface area (Å²) in [4.78, 5) is 23.1. The molecule has 0 radical (unpaired) electrons. The number of amides is 2. The molecule has 25 heavy (non-hydrogen) atoms. The van der Waals surface area contributed by atoms with Gasteiger partial charge in [-0.2, -0.15) is 5.10 Å². The van der Waals surface area contributed by atoms with E-state index in [9.17, 15) is 9.59 Å². The lowest BCUT2D eigenvalue weighted by Gasteiger charge is -2.21. The smallest absolute Gasteiger partial charge is 0.224 e. The SMILES string of the molecule is Cc1ccn(-c2ccc(NCCNC(=O)C3CCC(=O)NC3)nn2)n1. The Labute approximate surface area is 145 Å². The molecule has 1 aliphatic rings. The summed E-state index contributed by atoms with van der Waals surface area (Å²) in [6.45, 7) is 3.35. The summed E-state index contributed by atoms with van der Waals surface area (Å²) >= 11 is 0. The van der Waals surface area contributed by atoms with Crippen LogP contribution in [0.15, 0.2) is 24.4 Å². The minimum absolute atomic E-state index is 0.0120. The minimum atomic E-state index is -0.144. The lowest BCUT2D eigenvalue weighted by molar-refractivity contribution is -0.128. The van der Waals surface area contributed by atoms with Crippen LogP contribution in [0, 0.1) is 12.8 Å². The first kappa shape index (κ1) is 16.9. The van der Waals surface area contributed by atoms with E-state index in [4.69, 9.17) is 0 Å². The van der Waals surface area contributed by atoms with Crippen LogP contribution in [0.1, 0.15) is 18.5 Å². The van der Waals surface area contributed by atoms with Crippen LogP contribution < -0.4 is 16.0 Å². The molecular formula is C16H21N7O2. The average molecular weight is 343 g/mol. The van der Waals surface area contributed by atoms with Gasteiger partial charge in [0.1, 0.15) is 5.82 Å². The number of anilines is 1. The second-order valence-corrected chi connectivity index (χ2v) is 5.94. The molecule has 132 valence electrons. The van der Waals surface area contributed by atoms with Crippen LogP contribution in [0.5, 0.6) is 0 Å². The predicted molar refractivity (Wildman–Crippen MR) is 91.1 cm³/mol. The second-order valence-electron chi connectivity index (χ2n) is 5.94. The molecule has 2 amide bonds. The molecule has 0 saturated carbocycles. The summed E-state index contributed by atoms with van der Waals surface area (Å²) in [6.07, 6.45) is 2.84. The van der Waals surface area contributed by atoms with Crippen molar-refractivity contribution in [2.75, 3.05) is 25.0 Å². The summed E-state index contributed by atoms with van der Waals surface area (Å²) in [7, 11) is 0. The number of nitrogens with one attached hydrogen (secondary N) is 3. The molecule has 2 aromatic heterocycles. The summed E-state index contributed by atoms with van der Waals surface area (Å²) in [6, 6.07) is 5.54. The zero-order chi connectivity index (χ0) is 17.6. The highest BCUT2D eigenvalue weighted by Gasteiger charge is 2.23. The first-order valence-electron chi connectivity index (χ1n) is 8.26. The highest BCUT2D eigenvalue weighted by Crippen LogP contribution is 2.10. The van der Waals surface area contributed by atoms with E-state index in [1.165, 1.54) is 0 Å². The summed E-state index contributed by atoms with van der Waals surface area (Å²) in [5.41, 5.74) is 0.914. The third kappa shape index (κ3) is 4.52. The van der Waals surface area contributed by atoms with Crippen LogP contribution in [-0.4, -0.2) is 51.4 Å². The Morgan fingerprint density at radius 2 is 2.20 bits per heavy atom. The summed E-state index contributed by atoms with van der Waals surface area (Å²) < 4.78 is 1.66. The molecule has 0 aromatic carbocycles. The average Bonchev–Trinajstić information content (AvgIpc) is 3.06. The van der Waals surface area contributed by atoms with E-state index in [1.807, 2.05) is 31.3 Å². The Morgan fingerprint density at radius 1 is 1.32 bits per heavy atom. The Kier molecular flexibility index (Phi) is 5.22. The van der Waals surface area contributed by atoms with E-state index in [1.54, 1.807) is 4.68 Å². The Hall–Kier alpha value is -2.97.